The van der Waals surface area contributed by atoms with Gasteiger partial charge in [-0.3, -0.25) is 4.90 Å². The number of piperazine rings is 1. The molecule has 1 aliphatic rings. The summed E-state index contributed by atoms with van der Waals surface area (Å²) in [5.74, 6) is 0. The Morgan fingerprint density at radius 2 is 1.47 bits per heavy atom. The van der Waals surface area contributed by atoms with Crippen molar-refractivity contribution in [1.82, 2.24) is 10.2 Å². The van der Waals surface area contributed by atoms with Gasteiger partial charge in [0.15, 0.2) is 0 Å². The number of nitrogens with zero attached hydrogens (tertiary/aromatic N) is 1. The molecule has 114 valence electrons. The molecule has 1 atom stereocenters. The van der Waals surface area contributed by atoms with E-state index < -0.39 is 0 Å². The molecular weight excluding hydrogens is 232 g/mol. The van der Waals surface area contributed by atoms with Crippen LogP contribution in [0.4, 0.5) is 0 Å². The molecule has 0 bridgehead atoms. The average Bonchev–Trinajstić information content (AvgIpc) is 2.43. The summed E-state index contributed by atoms with van der Waals surface area (Å²) in [6.07, 6.45) is 14.4. The molecule has 0 unspecified atom stereocenters. The largest absolute Gasteiger partial charge is 0.314 e. The normalized spacial score (nSPS) is 20.8. The summed E-state index contributed by atoms with van der Waals surface area (Å²) in [4.78, 5) is 2.65. The van der Waals surface area contributed by atoms with Crippen molar-refractivity contribution in [2.45, 2.75) is 84.1 Å². The van der Waals surface area contributed by atoms with Crippen LogP contribution in [0.5, 0.6) is 0 Å². The Labute approximate surface area is 121 Å². The maximum Gasteiger partial charge on any atom is 0.0192 e. The summed E-state index contributed by atoms with van der Waals surface area (Å²) in [5, 5.41) is 3.46. The molecule has 19 heavy (non-hydrogen) atoms. The molecule has 0 aromatic heterocycles. The molecule has 1 fully saturated rings. The zero-order valence-corrected chi connectivity index (χ0v) is 13.4. The molecule has 0 aromatic rings. The van der Waals surface area contributed by atoms with Crippen LogP contribution in [0.25, 0.3) is 0 Å². The van der Waals surface area contributed by atoms with Crippen LogP contribution in [0, 0.1) is 0 Å². The third kappa shape index (κ3) is 8.65. The van der Waals surface area contributed by atoms with Crippen molar-refractivity contribution in [3.05, 3.63) is 0 Å². The van der Waals surface area contributed by atoms with Crippen molar-refractivity contribution in [3.8, 4) is 0 Å². The summed E-state index contributed by atoms with van der Waals surface area (Å²) in [5.41, 5.74) is 0. The minimum absolute atomic E-state index is 0.743. The molecule has 1 saturated heterocycles. The van der Waals surface area contributed by atoms with Crippen LogP contribution in [0.3, 0.4) is 0 Å². The van der Waals surface area contributed by atoms with E-state index in [4.69, 9.17) is 0 Å². The predicted molar refractivity (Wildman–Crippen MR) is 85.7 cm³/mol. The molecule has 2 nitrogen and oxygen atoms in total. The fourth-order valence-corrected chi connectivity index (χ4v) is 3.02. The summed E-state index contributed by atoms with van der Waals surface area (Å²) >= 11 is 0. The molecular formula is C17H36N2. The van der Waals surface area contributed by atoms with Crippen LogP contribution < -0.4 is 5.32 Å². The van der Waals surface area contributed by atoms with Gasteiger partial charge in [-0.15, -0.1) is 0 Å². The molecule has 0 aliphatic carbocycles. The average molecular weight is 268 g/mol. The maximum atomic E-state index is 3.46. The van der Waals surface area contributed by atoms with E-state index in [1.165, 1.54) is 90.4 Å². The topological polar surface area (TPSA) is 15.3 Å². The van der Waals surface area contributed by atoms with Gasteiger partial charge in [-0.05, 0) is 19.9 Å². The smallest absolute Gasteiger partial charge is 0.0192 e. The van der Waals surface area contributed by atoms with Crippen LogP contribution in [0.15, 0.2) is 0 Å². The number of unbranched alkanes of at least 4 members (excludes halogenated alkanes) is 9. The highest BCUT2D eigenvalue weighted by molar-refractivity contribution is 4.75. The van der Waals surface area contributed by atoms with Crippen molar-refractivity contribution >= 4 is 0 Å². The minimum atomic E-state index is 0.743. The van der Waals surface area contributed by atoms with Gasteiger partial charge in [-0.1, -0.05) is 64.7 Å². The van der Waals surface area contributed by atoms with E-state index in [-0.39, 0.29) is 0 Å². The fourth-order valence-electron chi connectivity index (χ4n) is 3.02. The first-order chi connectivity index (χ1) is 9.34. The van der Waals surface area contributed by atoms with Crippen molar-refractivity contribution in [2.75, 3.05) is 26.2 Å². The third-order valence-corrected chi connectivity index (χ3v) is 4.44. The Balaban J connectivity index is 1.80. The lowest BCUT2D eigenvalue weighted by Gasteiger charge is -2.33. The van der Waals surface area contributed by atoms with Gasteiger partial charge in [0.1, 0.15) is 0 Å². The van der Waals surface area contributed by atoms with E-state index in [0.717, 1.165) is 6.04 Å². The first kappa shape index (κ1) is 17.0. The van der Waals surface area contributed by atoms with Crippen LogP contribution >= 0.6 is 0 Å². The van der Waals surface area contributed by atoms with Gasteiger partial charge in [0.05, 0.1) is 0 Å². The third-order valence-electron chi connectivity index (χ3n) is 4.44. The minimum Gasteiger partial charge on any atom is -0.314 e. The van der Waals surface area contributed by atoms with Crippen molar-refractivity contribution in [3.63, 3.8) is 0 Å². The molecule has 1 heterocycles. The van der Waals surface area contributed by atoms with Gasteiger partial charge in [0.25, 0.3) is 0 Å². The van der Waals surface area contributed by atoms with Crippen molar-refractivity contribution < 1.29 is 0 Å². The Kier molecular flexibility index (Phi) is 10.5. The number of hydrogen-bond donors (Lipinski definition) is 1. The second-order valence-corrected chi connectivity index (χ2v) is 6.27. The molecule has 2 heteroatoms. The highest BCUT2D eigenvalue weighted by atomic mass is 15.2. The van der Waals surface area contributed by atoms with Gasteiger partial charge >= 0.3 is 0 Å². The molecule has 1 rings (SSSR count). The van der Waals surface area contributed by atoms with Crippen LogP contribution in [-0.2, 0) is 0 Å². The predicted octanol–water partition coefficient (Wildman–Crippen LogP) is 4.20. The van der Waals surface area contributed by atoms with E-state index >= 15 is 0 Å². The van der Waals surface area contributed by atoms with E-state index in [1.54, 1.807) is 0 Å². The second kappa shape index (κ2) is 11.7. The van der Waals surface area contributed by atoms with Crippen molar-refractivity contribution in [2.24, 2.45) is 0 Å². The first-order valence-electron chi connectivity index (χ1n) is 8.79. The molecule has 0 radical (unpaired) electrons. The number of rotatable bonds is 11. The number of hydrogen-bond acceptors (Lipinski definition) is 2. The molecule has 0 spiro atoms. The zero-order chi connectivity index (χ0) is 13.8. The summed E-state index contributed by atoms with van der Waals surface area (Å²) in [6.45, 7) is 9.57. The van der Waals surface area contributed by atoms with E-state index in [2.05, 4.69) is 24.1 Å². The second-order valence-electron chi connectivity index (χ2n) is 6.27. The monoisotopic (exact) mass is 268 g/mol. The summed E-state index contributed by atoms with van der Waals surface area (Å²) < 4.78 is 0. The summed E-state index contributed by atoms with van der Waals surface area (Å²) in [6, 6.07) is 0.743. The highest BCUT2D eigenvalue weighted by Gasteiger charge is 2.16. The van der Waals surface area contributed by atoms with Gasteiger partial charge in [-0.2, -0.15) is 0 Å². The van der Waals surface area contributed by atoms with Gasteiger partial charge < -0.3 is 5.32 Å². The Morgan fingerprint density at radius 3 is 2.05 bits per heavy atom. The quantitative estimate of drug-likeness (QED) is 0.565. The van der Waals surface area contributed by atoms with Crippen molar-refractivity contribution in [1.29, 1.82) is 0 Å². The molecule has 0 amide bonds. The van der Waals surface area contributed by atoms with Gasteiger partial charge in [-0.25, -0.2) is 0 Å². The summed E-state index contributed by atoms with van der Waals surface area (Å²) in [7, 11) is 0. The lowest BCUT2D eigenvalue weighted by Crippen LogP contribution is -2.49. The zero-order valence-electron chi connectivity index (χ0n) is 13.4. The molecule has 1 aliphatic heterocycles. The van der Waals surface area contributed by atoms with E-state index in [0.29, 0.717) is 0 Å². The van der Waals surface area contributed by atoms with Gasteiger partial charge in [0.2, 0.25) is 0 Å². The maximum absolute atomic E-state index is 3.46. The fraction of sp³-hybridized carbons (Fsp3) is 1.00. The van der Waals surface area contributed by atoms with Crippen LogP contribution in [0.2, 0.25) is 0 Å². The molecule has 1 N–H and O–H groups in total. The Hall–Kier alpha value is -0.0800. The molecule has 0 saturated carbocycles. The standard InChI is InChI=1S/C17H36N2/c1-3-4-5-6-7-8-9-10-11-12-14-19-15-13-18-16-17(19)2/h17-18H,3-16H2,1-2H3/t17-/m0/s1. The number of nitrogens with one attached hydrogen (secondary N) is 1. The highest BCUT2D eigenvalue weighted by Crippen LogP contribution is 2.11. The lowest BCUT2D eigenvalue weighted by atomic mass is 10.1. The Bertz CT molecular complexity index is 194. The lowest BCUT2D eigenvalue weighted by molar-refractivity contribution is 0.170. The SMILES string of the molecule is CCCCCCCCCCCCN1CCNC[C@@H]1C. The van der Waals surface area contributed by atoms with Gasteiger partial charge in [0, 0.05) is 25.7 Å². The first-order valence-corrected chi connectivity index (χ1v) is 8.79. The van der Waals surface area contributed by atoms with Crippen LogP contribution in [0.1, 0.15) is 78.1 Å². The molecule has 0 aromatic carbocycles. The van der Waals surface area contributed by atoms with E-state index in [1.807, 2.05) is 0 Å². The van der Waals surface area contributed by atoms with Crippen LogP contribution in [-0.4, -0.2) is 37.1 Å². The van der Waals surface area contributed by atoms with E-state index in [9.17, 15) is 0 Å². The Morgan fingerprint density at radius 1 is 0.895 bits per heavy atom.